The number of aryl methyl sites for hydroxylation is 1. The van der Waals surface area contributed by atoms with Gasteiger partial charge in [-0.2, -0.15) is 5.10 Å². The zero-order valence-corrected chi connectivity index (χ0v) is 17.2. The lowest BCUT2D eigenvalue weighted by Gasteiger charge is -2.28. The van der Waals surface area contributed by atoms with Crippen LogP contribution >= 0.6 is 0 Å². The van der Waals surface area contributed by atoms with Gasteiger partial charge in [0.25, 0.3) is 0 Å². The van der Waals surface area contributed by atoms with Crippen LogP contribution in [0.25, 0.3) is 17.5 Å². The van der Waals surface area contributed by atoms with Crippen molar-refractivity contribution in [2.45, 2.75) is 65.8 Å². The van der Waals surface area contributed by atoms with Gasteiger partial charge in [-0.25, -0.2) is 0 Å². The molecule has 0 radical (unpaired) electrons. The molecule has 2 heterocycles. The number of H-pyrrole nitrogens is 2. The molecule has 1 amide bonds. The van der Waals surface area contributed by atoms with E-state index in [-0.39, 0.29) is 11.9 Å². The second kappa shape index (κ2) is 8.15. The third-order valence-corrected chi connectivity index (χ3v) is 5.38. The predicted molar refractivity (Wildman–Crippen MR) is 110 cm³/mol. The second-order valence-corrected chi connectivity index (χ2v) is 7.98. The van der Waals surface area contributed by atoms with Gasteiger partial charge >= 0.3 is 0 Å². The van der Waals surface area contributed by atoms with E-state index in [1.165, 1.54) is 22.5 Å². The molecule has 5 nitrogen and oxygen atoms in total. The molecule has 1 atom stereocenters. The van der Waals surface area contributed by atoms with Gasteiger partial charge in [-0.05, 0) is 30.4 Å². The summed E-state index contributed by atoms with van der Waals surface area (Å²) in [5.41, 5.74) is 7.05. The van der Waals surface area contributed by atoms with Crippen LogP contribution in [0.2, 0.25) is 0 Å². The summed E-state index contributed by atoms with van der Waals surface area (Å²) in [5, 5.41) is 7.80. The van der Waals surface area contributed by atoms with Gasteiger partial charge in [-0.1, -0.05) is 46.3 Å². The van der Waals surface area contributed by atoms with Crippen molar-refractivity contribution in [1.29, 1.82) is 0 Å². The van der Waals surface area contributed by atoms with Crippen molar-refractivity contribution < 1.29 is 4.79 Å². The van der Waals surface area contributed by atoms with Gasteiger partial charge in [0.05, 0.1) is 11.7 Å². The lowest BCUT2D eigenvalue weighted by atomic mass is 9.99. The Labute approximate surface area is 162 Å². The monoisotopic (exact) mass is 368 g/mol. The minimum Gasteiger partial charge on any atom is -0.356 e. The van der Waals surface area contributed by atoms with Crippen molar-refractivity contribution in [3.05, 3.63) is 34.7 Å². The molecule has 0 bridgehead atoms. The smallest absolute Gasteiger partial charge is 0.223 e. The van der Waals surface area contributed by atoms with Gasteiger partial charge in [-0.15, -0.1) is 0 Å². The summed E-state index contributed by atoms with van der Waals surface area (Å²) in [5.74, 6) is 0.588. The number of rotatable bonds is 7. The third kappa shape index (κ3) is 4.02. The number of hydrogen-bond acceptors (Lipinski definition) is 2. The molecular weight excluding hydrogens is 336 g/mol. The normalized spacial score (nSPS) is 16.0. The fourth-order valence-electron chi connectivity index (χ4n) is 3.83. The van der Waals surface area contributed by atoms with Crippen LogP contribution in [0, 0.1) is 5.92 Å². The molecule has 5 heteroatoms. The van der Waals surface area contributed by atoms with E-state index >= 15 is 0 Å². The summed E-state index contributed by atoms with van der Waals surface area (Å²) in [6.07, 6.45) is 8.79. The first kappa shape index (κ1) is 19.5. The number of amides is 1. The molecule has 0 fully saturated rings. The Hall–Kier alpha value is -2.30. The highest BCUT2D eigenvalue weighted by Gasteiger charge is 2.24. The largest absolute Gasteiger partial charge is 0.356 e. The Morgan fingerprint density at radius 1 is 1.37 bits per heavy atom. The zero-order valence-electron chi connectivity index (χ0n) is 17.2. The first-order valence-electron chi connectivity index (χ1n) is 10.2. The molecule has 0 saturated heterocycles. The highest BCUT2D eigenvalue weighted by atomic mass is 16.2. The van der Waals surface area contributed by atoms with Gasteiger partial charge in [0.1, 0.15) is 5.69 Å². The van der Waals surface area contributed by atoms with Crippen LogP contribution < -0.4 is 0 Å². The minimum absolute atomic E-state index is 0.107. The van der Waals surface area contributed by atoms with Gasteiger partial charge in [0.15, 0.2) is 0 Å². The molecule has 1 unspecified atom stereocenters. The van der Waals surface area contributed by atoms with E-state index in [4.69, 9.17) is 0 Å². The highest BCUT2D eigenvalue weighted by Crippen LogP contribution is 2.30. The fraction of sp³-hybridized carbons (Fsp3) is 0.545. The summed E-state index contributed by atoms with van der Waals surface area (Å²) in [6.45, 7) is 8.53. The van der Waals surface area contributed by atoms with Crippen molar-refractivity contribution in [3.8, 4) is 11.4 Å². The summed E-state index contributed by atoms with van der Waals surface area (Å²) in [7, 11) is 1.91. The topological polar surface area (TPSA) is 64.8 Å². The van der Waals surface area contributed by atoms with E-state index in [1.807, 2.05) is 11.9 Å². The molecule has 3 rings (SSSR count). The maximum absolute atomic E-state index is 12.4. The van der Waals surface area contributed by atoms with E-state index in [1.54, 1.807) is 0 Å². The van der Waals surface area contributed by atoms with Crippen LogP contribution in [0.1, 0.15) is 63.1 Å². The molecular formula is C22H32N4O. The van der Waals surface area contributed by atoms with E-state index < -0.39 is 0 Å². The van der Waals surface area contributed by atoms with E-state index in [9.17, 15) is 4.79 Å². The van der Waals surface area contributed by atoms with Crippen LogP contribution in [-0.4, -0.2) is 39.1 Å². The fourth-order valence-corrected chi connectivity index (χ4v) is 3.83. The molecule has 1 aliphatic rings. The Bertz CT molecular complexity index is 827. The summed E-state index contributed by atoms with van der Waals surface area (Å²) in [4.78, 5) is 17.9. The molecule has 0 spiro atoms. The zero-order chi connectivity index (χ0) is 19.6. The molecule has 0 aliphatic heterocycles. The average molecular weight is 369 g/mol. The number of nitrogens with zero attached hydrogens (tertiary/aromatic N) is 2. The number of nitrogens with one attached hydrogen (secondary N) is 2. The van der Waals surface area contributed by atoms with Crippen LogP contribution in [0.4, 0.5) is 0 Å². The van der Waals surface area contributed by atoms with E-state index in [0.717, 1.165) is 37.1 Å². The Kier molecular flexibility index (Phi) is 5.88. The van der Waals surface area contributed by atoms with Crippen LogP contribution in [0.5, 0.6) is 0 Å². The molecule has 2 aromatic heterocycles. The molecule has 2 aromatic rings. The molecule has 0 saturated carbocycles. The van der Waals surface area contributed by atoms with Gasteiger partial charge in [0, 0.05) is 36.8 Å². The van der Waals surface area contributed by atoms with Gasteiger partial charge in [0.2, 0.25) is 5.91 Å². The van der Waals surface area contributed by atoms with Crippen LogP contribution in [0.3, 0.4) is 0 Å². The lowest BCUT2D eigenvalue weighted by molar-refractivity contribution is -0.131. The maximum atomic E-state index is 12.4. The first-order valence-corrected chi connectivity index (χ1v) is 10.2. The first-order chi connectivity index (χ1) is 12.9. The number of likely N-dealkylation sites (N-methyl/N-ethyl adjacent to an activating group) is 1. The molecule has 1 aliphatic carbocycles. The quantitative estimate of drug-likeness (QED) is 0.762. The summed E-state index contributed by atoms with van der Waals surface area (Å²) < 4.78 is 0. The predicted octanol–water partition coefficient (Wildman–Crippen LogP) is 4.36. The van der Waals surface area contributed by atoms with Crippen molar-refractivity contribution >= 4 is 12.0 Å². The molecule has 27 heavy (non-hydrogen) atoms. The number of fused-ring (bicyclic) bond motifs is 1. The van der Waals surface area contributed by atoms with Crippen LogP contribution in [-0.2, 0) is 24.1 Å². The molecule has 146 valence electrons. The maximum Gasteiger partial charge on any atom is 0.223 e. The lowest BCUT2D eigenvalue weighted by Crippen LogP contribution is -2.38. The van der Waals surface area contributed by atoms with Crippen molar-refractivity contribution in [3.63, 3.8) is 0 Å². The van der Waals surface area contributed by atoms with Crippen molar-refractivity contribution in [2.24, 2.45) is 5.92 Å². The van der Waals surface area contributed by atoms with Crippen LogP contribution in [0.15, 0.2) is 12.1 Å². The SMILES string of the molecule is CCCc1c(-c2cc3c([nH]2)CC(N(C)C(=O)CC(C)C)C=C3)n[nH]c1CC. The number of hydrogen-bond donors (Lipinski definition) is 2. The molecule has 2 N–H and O–H groups in total. The number of carbonyl (C=O) groups excluding carboxylic acids is 1. The minimum atomic E-state index is 0.107. The standard InChI is InChI=1S/C22H32N4O/c1-6-8-17-18(7-2)24-25-22(17)20-12-15-9-10-16(13-19(15)23-20)26(5)21(27)11-14(3)4/h9-10,12,14,16,23H,6-8,11,13H2,1-5H3,(H,24,25). The average Bonchev–Trinajstić information content (AvgIpc) is 3.23. The number of carbonyl (C=O) groups is 1. The van der Waals surface area contributed by atoms with E-state index in [2.05, 4.69) is 61.1 Å². The van der Waals surface area contributed by atoms with Crippen molar-refractivity contribution in [2.75, 3.05) is 7.05 Å². The van der Waals surface area contributed by atoms with Gasteiger partial charge < -0.3 is 9.88 Å². The molecule has 0 aromatic carbocycles. The number of aromatic nitrogens is 3. The Balaban J connectivity index is 1.82. The number of aromatic amines is 2. The highest BCUT2D eigenvalue weighted by molar-refractivity contribution is 5.77. The van der Waals surface area contributed by atoms with Crippen molar-refractivity contribution in [1.82, 2.24) is 20.1 Å². The van der Waals surface area contributed by atoms with E-state index in [0.29, 0.717) is 12.3 Å². The summed E-state index contributed by atoms with van der Waals surface area (Å²) in [6, 6.07) is 2.29. The third-order valence-electron chi connectivity index (χ3n) is 5.38. The summed E-state index contributed by atoms with van der Waals surface area (Å²) >= 11 is 0. The van der Waals surface area contributed by atoms with Gasteiger partial charge in [-0.3, -0.25) is 9.89 Å². The Morgan fingerprint density at radius 2 is 2.15 bits per heavy atom. The second-order valence-electron chi connectivity index (χ2n) is 7.98. The Morgan fingerprint density at radius 3 is 2.81 bits per heavy atom.